The second-order valence-electron chi connectivity index (χ2n) is 6.31. The molecule has 0 aliphatic carbocycles. The molecule has 4 nitrogen and oxygen atoms in total. The molecule has 4 rings (SSSR count). The van der Waals surface area contributed by atoms with E-state index in [1.807, 2.05) is 48.0 Å². The molecule has 2 aromatic carbocycles. The molecular formula is C22H17FIN3OS. The molecule has 146 valence electrons. The van der Waals surface area contributed by atoms with Crippen molar-refractivity contribution in [2.24, 2.45) is 4.99 Å². The van der Waals surface area contributed by atoms with Gasteiger partial charge in [-0.1, -0.05) is 0 Å². The largest absolute Gasteiger partial charge is 0.317 e. The van der Waals surface area contributed by atoms with Gasteiger partial charge in [-0.25, -0.2) is 9.38 Å². The van der Waals surface area contributed by atoms with Crippen LogP contribution in [0.4, 0.5) is 10.1 Å². The van der Waals surface area contributed by atoms with Crippen molar-refractivity contribution in [1.82, 2.24) is 9.47 Å². The molecule has 1 amide bonds. The summed E-state index contributed by atoms with van der Waals surface area (Å²) in [5, 5.41) is 0.600. The van der Waals surface area contributed by atoms with E-state index in [0.29, 0.717) is 22.3 Å². The zero-order chi connectivity index (χ0) is 20.4. The van der Waals surface area contributed by atoms with Gasteiger partial charge in [0.1, 0.15) is 5.82 Å². The molecule has 1 fully saturated rings. The van der Waals surface area contributed by atoms with Gasteiger partial charge >= 0.3 is 0 Å². The van der Waals surface area contributed by atoms with Crippen molar-refractivity contribution in [3.63, 3.8) is 0 Å². The molecule has 1 saturated heterocycles. The second kappa shape index (κ2) is 8.54. The van der Waals surface area contributed by atoms with Crippen LogP contribution in [0.25, 0.3) is 11.8 Å². The van der Waals surface area contributed by atoms with E-state index in [-0.39, 0.29) is 11.7 Å². The Morgan fingerprint density at radius 3 is 2.52 bits per heavy atom. The van der Waals surface area contributed by atoms with Crippen molar-refractivity contribution in [3.8, 4) is 5.69 Å². The average molecular weight is 517 g/mol. The fraction of sp³-hybridized carbons (Fsp3) is 0.0909. The van der Waals surface area contributed by atoms with Crippen molar-refractivity contribution in [3.05, 3.63) is 86.8 Å². The Hall–Kier alpha value is -2.39. The van der Waals surface area contributed by atoms with Gasteiger partial charge in [0.05, 0.1) is 10.6 Å². The lowest BCUT2D eigenvalue weighted by molar-refractivity contribution is -0.122. The molecule has 0 radical (unpaired) electrons. The lowest BCUT2D eigenvalue weighted by Gasteiger charge is -2.12. The van der Waals surface area contributed by atoms with Crippen LogP contribution in [-0.4, -0.2) is 27.1 Å². The number of amides is 1. The minimum atomic E-state index is -0.312. The molecule has 1 aliphatic heterocycles. The third-order valence-electron chi connectivity index (χ3n) is 4.42. The molecular weight excluding hydrogens is 500 g/mol. The number of benzene rings is 2. The van der Waals surface area contributed by atoms with Gasteiger partial charge in [-0.2, -0.15) is 0 Å². The summed E-state index contributed by atoms with van der Waals surface area (Å²) in [6.45, 7) is 2.43. The number of hydrogen-bond acceptors (Lipinski definition) is 3. The number of aromatic nitrogens is 1. The number of thioether (sulfide) groups is 1. The first-order valence-corrected chi connectivity index (χ1v) is 10.9. The van der Waals surface area contributed by atoms with Crippen LogP contribution < -0.4 is 0 Å². The van der Waals surface area contributed by atoms with Crippen molar-refractivity contribution < 1.29 is 9.18 Å². The number of amidine groups is 1. The van der Waals surface area contributed by atoms with E-state index in [4.69, 9.17) is 0 Å². The zero-order valence-corrected chi connectivity index (χ0v) is 18.5. The fourth-order valence-corrected chi connectivity index (χ4v) is 4.39. The SMILES string of the molecule is CCN1C(=O)/C(=C\c2cccn2-c2ccc(I)cc2)SC1=Nc1ccc(F)cc1. The molecule has 29 heavy (non-hydrogen) atoms. The monoisotopic (exact) mass is 517 g/mol. The number of hydrogen-bond donors (Lipinski definition) is 0. The molecule has 0 saturated carbocycles. The Morgan fingerprint density at radius 2 is 1.83 bits per heavy atom. The van der Waals surface area contributed by atoms with Gasteiger partial charge in [-0.15, -0.1) is 0 Å². The first kappa shape index (κ1) is 19.9. The molecule has 0 atom stereocenters. The summed E-state index contributed by atoms with van der Waals surface area (Å²) in [6, 6.07) is 18.1. The van der Waals surface area contributed by atoms with Crippen LogP contribution >= 0.6 is 34.4 Å². The predicted molar refractivity (Wildman–Crippen MR) is 125 cm³/mol. The number of rotatable bonds is 4. The summed E-state index contributed by atoms with van der Waals surface area (Å²) in [6.07, 6.45) is 3.87. The van der Waals surface area contributed by atoms with Crippen LogP contribution in [0.15, 0.2) is 76.8 Å². The molecule has 7 heteroatoms. The first-order chi connectivity index (χ1) is 14.0. The third kappa shape index (κ3) is 4.30. The molecule has 1 aromatic heterocycles. The standard InChI is InChI=1S/C22H17FIN3OS/c1-2-26-21(28)20(29-22(26)25-17-9-5-15(23)6-10-17)14-19-4-3-13-27(19)18-11-7-16(24)8-12-18/h3-14H,2H2,1H3/b20-14+,25-22?. The van der Waals surface area contributed by atoms with E-state index < -0.39 is 0 Å². The quantitative estimate of drug-likeness (QED) is 0.322. The molecule has 0 N–H and O–H groups in total. The van der Waals surface area contributed by atoms with Crippen LogP contribution in [0, 0.1) is 9.39 Å². The van der Waals surface area contributed by atoms with Crippen molar-refractivity contribution in [2.45, 2.75) is 6.92 Å². The molecule has 3 aromatic rings. The maximum Gasteiger partial charge on any atom is 0.266 e. The molecule has 0 spiro atoms. The van der Waals surface area contributed by atoms with Gasteiger partial charge in [0.15, 0.2) is 5.17 Å². The summed E-state index contributed by atoms with van der Waals surface area (Å²) in [7, 11) is 0. The van der Waals surface area contributed by atoms with Crippen LogP contribution in [0.5, 0.6) is 0 Å². The van der Waals surface area contributed by atoms with Crippen molar-refractivity contribution >= 4 is 57.2 Å². The third-order valence-corrected chi connectivity index (χ3v) is 6.15. The number of nitrogens with zero attached hydrogens (tertiary/aromatic N) is 3. The topological polar surface area (TPSA) is 37.6 Å². The van der Waals surface area contributed by atoms with Crippen LogP contribution in [0.3, 0.4) is 0 Å². The van der Waals surface area contributed by atoms with E-state index >= 15 is 0 Å². The molecule has 0 unspecified atom stereocenters. The summed E-state index contributed by atoms with van der Waals surface area (Å²) < 4.78 is 16.4. The Bertz CT molecular complexity index is 1100. The van der Waals surface area contributed by atoms with E-state index in [1.165, 1.54) is 27.5 Å². The number of halogens is 2. The van der Waals surface area contributed by atoms with Gasteiger partial charge in [-0.3, -0.25) is 9.69 Å². The highest BCUT2D eigenvalue weighted by atomic mass is 127. The van der Waals surface area contributed by atoms with E-state index in [9.17, 15) is 9.18 Å². The van der Waals surface area contributed by atoms with Gasteiger partial charge < -0.3 is 4.57 Å². The van der Waals surface area contributed by atoms with Gasteiger partial charge in [0.2, 0.25) is 0 Å². The Balaban J connectivity index is 1.67. The van der Waals surface area contributed by atoms with Crippen LogP contribution in [0.1, 0.15) is 12.6 Å². The second-order valence-corrected chi connectivity index (χ2v) is 8.57. The first-order valence-electron chi connectivity index (χ1n) is 9.04. The number of likely N-dealkylation sites (N-methyl/N-ethyl adjacent to an activating group) is 1. The molecule has 0 bridgehead atoms. The van der Waals surface area contributed by atoms with E-state index in [0.717, 1.165) is 11.4 Å². The van der Waals surface area contributed by atoms with Crippen LogP contribution in [-0.2, 0) is 4.79 Å². The number of carbonyl (C=O) groups excluding carboxylic acids is 1. The normalized spacial score (nSPS) is 16.9. The maximum absolute atomic E-state index is 13.1. The summed E-state index contributed by atoms with van der Waals surface area (Å²) in [4.78, 5) is 19.7. The number of carbonyl (C=O) groups is 1. The highest BCUT2D eigenvalue weighted by Crippen LogP contribution is 2.34. The Kier molecular flexibility index (Phi) is 5.86. The smallest absolute Gasteiger partial charge is 0.266 e. The summed E-state index contributed by atoms with van der Waals surface area (Å²) >= 11 is 3.61. The summed E-state index contributed by atoms with van der Waals surface area (Å²) in [5.41, 5.74) is 2.56. The van der Waals surface area contributed by atoms with Gasteiger partial charge in [0, 0.05) is 27.7 Å². The maximum atomic E-state index is 13.1. The fourth-order valence-electron chi connectivity index (χ4n) is 2.98. The lowest BCUT2D eigenvalue weighted by atomic mass is 10.3. The highest BCUT2D eigenvalue weighted by molar-refractivity contribution is 14.1. The molecule has 2 heterocycles. The van der Waals surface area contributed by atoms with E-state index in [2.05, 4.69) is 39.7 Å². The predicted octanol–water partition coefficient (Wildman–Crippen LogP) is 5.84. The van der Waals surface area contributed by atoms with Crippen molar-refractivity contribution in [1.29, 1.82) is 0 Å². The minimum Gasteiger partial charge on any atom is -0.317 e. The van der Waals surface area contributed by atoms with Crippen LogP contribution in [0.2, 0.25) is 0 Å². The van der Waals surface area contributed by atoms with E-state index in [1.54, 1.807) is 17.0 Å². The number of aliphatic imine (C=N–C) groups is 1. The Morgan fingerprint density at radius 1 is 1.10 bits per heavy atom. The lowest BCUT2D eigenvalue weighted by Crippen LogP contribution is -2.28. The minimum absolute atomic E-state index is 0.0753. The molecule has 1 aliphatic rings. The zero-order valence-electron chi connectivity index (χ0n) is 15.5. The summed E-state index contributed by atoms with van der Waals surface area (Å²) in [5.74, 6) is -0.387. The van der Waals surface area contributed by atoms with Crippen molar-refractivity contribution in [2.75, 3.05) is 6.54 Å². The Labute approximate surface area is 186 Å². The van der Waals surface area contributed by atoms with Gasteiger partial charge in [-0.05, 0) is 108 Å². The average Bonchev–Trinajstić information content (AvgIpc) is 3.29. The van der Waals surface area contributed by atoms with Gasteiger partial charge in [0.25, 0.3) is 5.91 Å². The highest BCUT2D eigenvalue weighted by Gasteiger charge is 2.32.